The maximum Gasteiger partial charge on any atom is 0.318 e. The molecule has 0 aliphatic carbocycles. The van der Waals surface area contributed by atoms with Crippen molar-refractivity contribution in [2.75, 3.05) is 34.2 Å². The van der Waals surface area contributed by atoms with Crippen LogP contribution in [0.15, 0.2) is 12.1 Å². The smallest absolute Gasteiger partial charge is 0.318 e. The highest BCUT2D eigenvalue weighted by Gasteiger charge is 2.26. The Morgan fingerprint density at radius 3 is 2.70 bits per heavy atom. The molecule has 1 atom stereocenters. The fourth-order valence-corrected chi connectivity index (χ4v) is 1.55. The molecule has 0 spiro atoms. The zero-order valence-electron chi connectivity index (χ0n) is 11.2. The number of methoxy groups -OCH3 is 2. The van der Waals surface area contributed by atoms with Gasteiger partial charge in [-0.3, -0.25) is 10.1 Å². The monoisotopic (exact) mass is 285 g/mol. The number of ether oxygens (including phenoxy) is 5. The third-order valence-electron chi connectivity index (χ3n) is 2.58. The van der Waals surface area contributed by atoms with Crippen LogP contribution in [0.3, 0.4) is 0 Å². The molecular weight excluding hydrogens is 270 g/mol. The minimum absolute atomic E-state index is 0.00868. The van der Waals surface area contributed by atoms with E-state index in [0.29, 0.717) is 19.0 Å². The molecule has 8 heteroatoms. The van der Waals surface area contributed by atoms with Gasteiger partial charge >= 0.3 is 5.69 Å². The minimum atomic E-state index is -0.562. The van der Waals surface area contributed by atoms with E-state index >= 15 is 0 Å². The van der Waals surface area contributed by atoms with E-state index in [1.54, 1.807) is 0 Å². The Hall–Kier alpha value is -2.06. The molecule has 0 N–H and O–H groups in total. The molecule has 1 aliphatic heterocycles. The second kappa shape index (κ2) is 6.40. The topological polar surface area (TPSA) is 92.6 Å². The number of rotatable bonds is 8. The van der Waals surface area contributed by atoms with Crippen LogP contribution < -0.4 is 14.2 Å². The summed E-state index contributed by atoms with van der Waals surface area (Å²) in [7, 11) is 2.82. The summed E-state index contributed by atoms with van der Waals surface area (Å²) in [5.41, 5.74) is -0.242. The first-order valence-electron chi connectivity index (χ1n) is 5.88. The number of nitro groups is 1. The van der Waals surface area contributed by atoms with E-state index in [9.17, 15) is 10.1 Å². The van der Waals surface area contributed by atoms with Gasteiger partial charge < -0.3 is 23.7 Å². The standard InChI is InChI=1S/C12H15NO7/c1-16-7-20-12-10(13(14)15)3-8(4-11(12)17-2)18-5-9-6-19-9/h3-4,9H,5-7H2,1-2H3/t9-/m1/s1. The van der Waals surface area contributed by atoms with Gasteiger partial charge in [-0.15, -0.1) is 0 Å². The zero-order valence-corrected chi connectivity index (χ0v) is 11.2. The van der Waals surface area contributed by atoms with Crippen LogP contribution in [0, 0.1) is 10.1 Å². The van der Waals surface area contributed by atoms with Crippen molar-refractivity contribution in [3.8, 4) is 17.2 Å². The van der Waals surface area contributed by atoms with Crippen molar-refractivity contribution in [1.82, 2.24) is 0 Å². The predicted octanol–water partition coefficient (Wildman–Crippen LogP) is 1.36. The second-order valence-corrected chi connectivity index (χ2v) is 4.05. The fraction of sp³-hybridized carbons (Fsp3) is 0.500. The molecule has 0 aromatic heterocycles. The van der Waals surface area contributed by atoms with Gasteiger partial charge in [0.25, 0.3) is 0 Å². The lowest BCUT2D eigenvalue weighted by Crippen LogP contribution is -2.07. The summed E-state index contributed by atoms with van der Waals surface area (Å²) in [5.74, 6) is 0.547. The molecule has 0 radical (unpaired) electrons. The number of benzene rings is 1. The lowest BCUT2D eigenvalue weighted by atomic mass is 10.2. The molecule has 1 aliphatic rings. The molecule has 20 heavy (non-hydrogen) atoms. The van der Waals surface area contributed by atoms with E-state index in [2.05, 4.69) is 0 Å². The summed E-state index contributed by atoms with van der Waals surface area (Å²) in [6.45, 7) is 0.875. The first-order chi connectivity index (χ1) is 9.65. The summed E-state index contributed by atoms with van der Waals surface area (Å²) in [4.78, 5) is 10.5. The summed E-state index contributed by atoms with van der Waals surface area (Å²) in [6, 6.07) is 2.82. The van der Waals surface area contributed by atoms with Crippen molar-refractivity contribution in [3.63, 3.8) is 0 Å². The number of hydrogen-bond acceptors (Lipinski definition) is 7. The number of epoxide rings is 1. The van der Waals surface area contributed by atoms with Crippen molar-refractivity contribution in [2.45, 2.75) is 6.10 Å². The fourth-order valence-electron chi connectivity index (χ4n) is 1.55. The highest BCUT2D eigenvalue weighted by molar-refractivity contribution is 5.60. The van der Waals surface area contributed by atoms with Crippen LogP contribution in [0.2, 0.25) is 0 Å². The third-order valence-corrected chi connectivity index (χ3v) is 2.58. The van der Waals surface area contributed by atoms with Crippen LogP contribution in [0.25, 0.3) is 0 Å². The Kier molecular flexibility index (Phi) is 4.59. The molecule has 0 bridgehead atoms. The number of nitrogens with zero attached hydrogens (tertiary/aromatic N) is 1. The Bertz CT molecular complexity index is 487. The molecule has 1 saturated heterocycles. The van der Waals surface area contributed by atoms with Gasteiger partial charge in [0.1, 0.15) is 18.5 Å². The summed E-state index contributed by atoms with van der Waals surface area (Å²) < 4.78 is 25.5. The Labute approximate surface area is 115 Å². The summed E-state index contributed by atoms with van der Waals surface area (Å²) in [5, 5.41) is 11.1. The summed E-state index contributed by atoms with van der Waals surface area (Å²) in [6.07, 6.45) is 0.0597. The van der Waals surface area contributed by atoms with Crippen LogP contribution in [0.4, 0.5) is 5.69 Å². The summed E-state index contributed by atoms with van der Waals surface area (Å²) >= 11 is 0. The Morgan fingerprint density at radius 1 is 1.40 bits per heavy atom. The Morgan fingerprint density at radius 2 is 2.15 bits per heavy atom. The molecule has 0 unspecified atom stereocenters. The van der Waals surface area contributed by atoms with Gasteiger partial charge in [-0.1, -0.05) is 0 Å². The van der Waals surface area contributed by atoms with Crippen molar-refractivity contribution in [3.05, 3.63) is 22.2 Å². The third kappa shape index (κ3) is 3.49. The van der Waals surface area contributed by atoms with Crippen molar-refractivity contribution in [2.24, 2.45) is 0 Å². The van der Waals surface area contributed by atoms with Gasteiger partial charge in [-0.2, -0.15) is 0 Å². The van der Waals surface area contributed by atoms with E-state index in [1.807, 2.05) is 0 Å². The molecule has 1 fully saturated rings. The van der Waals surface area contributed by atoms with E-state index < -0.39 is 4.92 Å². The highest BCUT2D eigenvalue weighted by atomic mass is 16.7. The lowest BCUT2D eigenvalue weighted by Gasteiger charge is -2.12. The van der Waals surface area contributed by atoms with Crippen LogP contribution in [0.5, 0.6) is 17.2 Å². The van der Waals surface area contributed by atoms with Gasteiger partial charge in [0, 0.05) is 13.2 Å². The van der Waals surface area contributed by atoms with Crippen molar-refractivity contribution < 1.29 is 28.6 Å². The van der Waals surface area contributed by atoms with E-state index in [4.69, 9.17) is 23.7 Å². The quantitative estimate of drug-likeness (QED) is 0.308. The molecule has 2 rings (SSSR count). The largest absolute Gasteiger partial charge is 0.492 e. The van der Waals surface area contributed by atoms with Gasteiger partial charge in [0.2, 0.25) is 5.75 Å². The van der Waals surface area contributed by atoms with Gasteiger partial charge in [0.05, 0.1) is 24.7 Å². The number of hydrogen-bond donors (Lipinski definition) is 0. The second-order valence-electron chi connectivity index (χ2n) is 4.05. The molecule has 0 saturated carbocycles. The maximum atomic E-state index is 11.1. The normalized spacial score (nSPS) is 16.6. The van der Waals surface area contributed by atoms with Gasteiger partial charge in [-0.05, 0) is 0 Å². The molecule has 1 aromatic rings. The highest BCUT2D eigenvalue weighted by Crippen LogP contribution is 2.41. The average molecular weight is 285 g/mol. The van der Waals surface area contributed by atoms with Crippen LogP contribution >= 0.6 is 0 Å². The minimum Gasteiger partial charge on any atom is -0.492 e. The van der Waals surface area contributed by atoms with Crippen LogP contribution in [-0.4, -0.2) is 45.3 Å². The van der Waals surface area contributed by atoms with E-state index in [1.165, 1.54) is 26.4 Å². The molecule has 0 amide bonds. The SMILES string of the molecule is COCOc1c(OC)cc(OC[C@@H]2CO2)cc1[N+](=O)[O-]. The first-order valence-corrected chi connectivity index (χ1v) is 5.88. The number of nitro benzene ring substituents is 1. The molecular formula is C12H15NO7. The zero-order chi connectivity index (χ0) is 14.5. The first kappa shape index (κ1) is 14.4. The van der Waals surface area contributed by atoms with Gasteiger partial charge in [-0.25, -0.2) is 0 Å². The Balaban J connectivity index is 2.26. The maximum absolute atomic E-state index is 11.1. The lowest BCUT2D eigenvalue weighted by molar-refractivity contribution is -0.386. The molecule has 110 valence electrons. The molecule has 8 nitrogen and oxygen atoms in total. The van der Waals surface area contributed by atoms with Crippen LogP contribution in [-0.2, 0) is 9.47 Å². The van der Waals surface area contributed by atoms with Gasteiger partial charge in [0.15, 0.2) is 12.5 Å². The predicted molar refractivity (Wildman–Crippen MR) is 67.4 cm³/mol. The van der Waals surface area contributed by atoms with Crippen molar-refractivity contribution >= 4 is 5.69 Å². The van der Waals surface area contributed by atoms with E-state index in [0.717, 1.165) is 0 Å². The van der Waals surface area contributed by atoms with E-state index in [-0.39, 0.29) is 30.1 Å². The molecule has 1 heterocycles. The average Bonchev–Trinajstić information content (AvgIpc) is 3.26. The van der Waals surface area contributed by atoms with Crippen molar-refractivity contribution in [1.29, 1.82) is 0 Å². The van der Waals surface area contributed by atoms with Crippen LogP contribution in [0.1, 0.15) is 0 Å². The molecule has 1 aromatic carbocycles.